The highest BCUT2D eigenvalue weighted by Crippen LogP contribution is 2.39. The van der Waals surface area contributed by atoms with Crippen LogP contribution in [0, 0.1) is 10.1 Å². The number of non-ortho nitro benzene ring substituents is 1. The maximum atomic E-state index is 11.8. The largest absolute Gasteiger partial charge is 0.346 e. The number of rotatable bonds is 3. The molecule has 4 rings (SSSR count). The Morgan fingerprint density at radius 2 is 1.89 bits per heavy atom. The molecule has 148 valence electrons. The molecule has 2 aliphatic rings. The van der Waals surface area contributed by atoms with Crippen molar-refractivity contribution in [3.8, 4) is 0 Å². The Bertz CT molecular complexity index is 917. The molecule has 1 unspecified atom stereocenters. The normalized spacial score (nSPS) is 21.7. The van der Waals surface area contributed by atoms with Crippen molar-refractivity contribution in [3.63, 3.8) is 0 Å². The first kappa shape index (κ1) is 21.0. The van der Waals surface area contributed by atoms with Gasteiger partial charge in [-0.2, -0.15) is 4.90 Å². The van der Waals surface area contributed by atoms with Gasteiger partial charge >= 0.3 is 0 Å². The van der Waals surface area contributed by atoms with Crippen LogP contribution in [0.15, 0.2) is 53.0 Å². The van der Waals surface area contributed by atoms with E-state index in [4.69, 9.17) is 0 Å². The summed E-state index contributed by atoms with van der Waals surface area (Å²) in [5, 5.41) is 23.1. The monoisotopic (exact) mass is 510 g/mol. The summed E-state index contributed by atoms with van der Waals surface area (Å²) in [6.45, 7) is 1.29. The molecule has 0 amide bonds. The van der Waals surface area contributed by atoms with Gasteiger partial charge in [0.2, 0.25) is 0 Å². The van der Waals surface area contributed by atoms with Gasteiger partial charge in [-0.15, -0.1) is 17.0 Å². The minimum Gasteiger partial charge on any atom is -0.346 e. The summed E-state index contributed by atoms with van der Waals surface area (Å²) in [5.41, 5.74) is 0.0718. The molecule has 2 aromatic carbocycles. The predicted molar refractivity (Wildman–Crippen MR) is 117 cm³/mol. The van der Waals surface area contributed by atoms with E-state index in [2.05, 4.69) is 20.5 Å². The van der Waals surface area contributed by atoms with E-state index in [1.165, 1.54) is 18.6 Å². The van der Waals surface area contributed by atoms with Crippen LogP contribution in [0.25, 0.3) is 0 Å². The first-order valence-electron chi connectivity index (χ1n) is 9.13. The van der Waals surface area contributed by atoms with Crippen LogP contribution in [0.4, 0.5) is 11.4 Å². The number of nitro groups is 1. The molecule has 0 bridgehead atoms. The number of aliphatic hydroxyl groups is 1. The lowest BCUT2D eigenvalue weighted by Crippen LogP contribution is -2.47. The van der Waals surface area contributed by atoms with Crippen molar-refractivity contribution < 1.29 is 14.6 Å². The highest BCUT2D eigenvalue weighted by molar-refractivity contribution is 9.10. The maximum absolute atomic E-state index is 11.8. The summed E-state index contributed by atoms with van der Waals surface area (Å²) in [4.78, 5) is 12.8. The highest BCUT2D eigenvalue weighted by atomic mass is 79.9. The topological polar surface area (TPSA) is 69.6 Å². The standard InChI is InChI=1S/C20H21BrN3O3.BrH/c21-16-8-10-17(11-9-16)23-19-7-2-1-3-12-22(19)14-20(23,25)15-5-4-6-18(13-15)24(26)27;/h4-6,8-11,13,25H,1-3,7,12,14H2;1H/q+1;. The van der Waals surface area contributed by atoms with Gasteiger partial charge in [0.05, 0.1) is 11.5 Å². The van der Waals surface area contributed by atoms with Crippen molar-refractivity contribution in [2.75, 3.05) is 18.0 Å². The molecule has 0 aromatic heterocycles. The van der Waals surface area contributed by atoms with Crippen molar-refractivity contribution >= 4 is 50.1 Å². The first-order chi connectivity index (χ1) is 13.0. The quantitative estimate of drug-likeness (QED) is 0.372. The molecule has 1 atom stereocenters. The number of hydrogen-bond acceptors (Lipinski definition) is 4. The smallest absolute Gasteiger partial charge is 0.275 e. The van der Waals surface area contributed by atoms with E-state index in [0.717, 1.165) is 41.8 Å². The highest BCUT2D eigenvalue weighted by Gasteiger charge is 2.54. The Balaban J connectivity index is 0.00000225. The van der Waals surface area contributed by atoms with Crippen LogP contribution in [-0.2, 0) is 5.72 Å². The molecule has 0 fully saturated rings. The van der Waals surface area contributed by atoms with E-state index in [-0.39, 0.29) is 22.7 Å². The second-order valence-electron chi connectivity index (χ2n) is 7.08. The Morgan fingerprint density at radius 3 is 2.61 bits per heavy atom. The van der Waals surface area contributed by atoms with Crippen LogP contribution >= 0.6 is 32.9 Å². The maximum Gasteiger partial charge on any atom is 0.275 e. The molecule has 0 saturated carbocycles. The third-order valence-corrected chi connectivity index (χ3v) is 5.87. The van der Waals surface area contributed by atoms with Gasteiger partial charge in [0, 0.05) is 28.6 Å². The van der Waals surface area contributed by atoms with E-state index in [1.807, 2.05) is 29.2 Å². The van der Waals surface area contributed by atoms with Gasteiger partial charge in [-0.1, -0.05) is 28.1 Å². The fourth-order valence-electron chi connectivity index (χ4n) is 4.07. The van der Waals surface area contributed by atoms with Crippen LogP contribution in [-0.4, -0.2) is 33.5 Å². The molecule has 28 heavy (non-hydrogen) atoms. The van der Waals surface area contributed by atoms with Crippen LogP contribution in [0.2, 0.25) is 0 Å². The summed E-state index contributed by atoms with van der Waals surface area (Å²) in [6, 6.07) is 14.2. The second-order valence-corrected chi connectivity index (χ2v) is 8.00. The average molecular weight is 512 g/mol. The van der Waals surface area contributed by atoms with E-state index >= 15 is 0 Å². The van der Waals surface area contributed by atoms with Crippen LogP contribution in [0.5, 0.6) is 0 Å². The Kier molecular flexibility index (Phi) is 6.21. The number of anilines is 1. The lowest BCUT2D eigenvalue weighted by atomic mass is 9.99. The van der Waals surface area contributed by atoms with Gasteiger partial charge in [-0.05, 0) is 43.5 Å². The minimum absolute atomic E-state index is 0. The molecular formula is C20H22Br2N3O3+. The Hall–Kier alpha value is -1.77. The zero-order valence-corrected chi connectivity index (χ0v) is 18.6. The second kappa shape index (κ2) is 8.31. The average Bonchev–Trinajstić information content (AvgIpc) is 2.79. The molecule has 6 nitrogen and oxygen atoms in total. The molecule has 0 radical (unpaired) electrons. The molecule has 1 N–H and O–H groups in total. The van der Waals surface area contributed by atoms with Gasteiger partial charge in [-0.3, -0.25) is 14.7 Å². The predicted octanol–water partition coefficient (Wildman–Crippen LogP) is 4.59. The number of halogens is 2. The molecule has 0 spiro atoms. The lowest BCUT2D eigenvalue weighted by Gasteiger charge is -2.29. The summed E-state index contributed by atoms with van der Waals surface area (Å²) < 4.78 is 3.19. The van der Waals surface area contributed by atoms with Gasteiger partial charge < -0.3 is 5.11 Å². The minimum atomic E-state index is -1.34. The van der Waals surface area contributed by atoms with Crippen molar-refractivity contribution in [2.45, 2.75) is 31.4 Å². The van der Waals surface area contributed by atoms with E-state index < -0.39 is 10.6 Å². The third-order valence-electron chi connectivity index (χ3n) is 5.34. The zero-order chi connectivity index (χ0) is 19.0. The number of amidine groups is 1. The van der Waals surface area contributed by atoms with Crippen LogP contribution in [0.1, 0.15) is 31.2 Å². The SMILES string of the molecule is Br.O=[N+]([O-])c1cccc(C2(O)C[N+]3=C(CCCCC3)N2c2ccc(Br)cc2)c1. The molecule has 2 aromatic rings. The number of nitrogens with zero attached hydrogens (tertiary/aromatic N) is 3. The molecular weight excluding hydrogens is 490 g/mol. The molecule has 2 aliphatic heterocycles. The van der Waals surface area contributed by atoms with Gasteiger partial charge in [0.25, 0.3) is 17.2 Å². The van der Waals surface area contributed by atoms with E-state index in [0.29, 0.717) is 12.1 Å². The van der Waals surface area contributed by atoms with Crippen molar-refractivity contribution in [1.29, 1.82) is 0 Å². The summed E-state index contributed by atoms with van der Waals surface area (Å²) >= 11 is 3.46. The molecule has 0 aliphatic carbocycles. The Morgan fingerprint density at radius 1 is 1.14 bits per heavy atom. The van der Waals surface area contributed by atoms with Crippen molar-refractivity contribution in [3.05, 3.63) is 68.7 Å². The van der Waals surface area contributed by atoms with Crippen LogP contribution in [0.3, 0.4) is 0 Å². The van der Waals surface area contributed by atoms with Crippen LogP contribution < -0.4 is 4.90 Å². The summed E-state index contributed by atoms with van der Waals surface area (Å²) in [7, 11) is 0. The zero-order valence-electron chi connectivity index (χ0n) is 15.3. The van der Waals surface area contributed by atoms with Crippen molar-refractivity contribution in [2.24, 2.45) is 0 Å². The number of benzene rings is 2. The molecule has 0 saturated heterocycles. The molecule has 2 heterocycles. The van der Waals surface area contributed by atoms with E-state index in [1.54, 1.807) is 12.1 Å². The lowest BCUT2D eigenvalue weighted by molar-refractivity contribution is -0.534. The first-order valence-corrected chi connectivity index (χ1v) is 9.92. The third kappa shape index (κ3) is 3.73. The van der Waals surface area contributed by atoms with Gasteiger partial charge in [0.15, 0.2) is 6.54 Å². The number of hydrogen-bond donors (Lipinski definition) is 1. The van der Waals surface area contributed by atoms with Crippen molar-refractivity contribution in [1.82, 2.24) is 0 Å². The summed E-state index contributed by atoms with van der Waals surface area (Å²) in [6.07, 6.45) is 4.21. The summed E-state index contributed by atoms with van der Waals surface area (Å²) in [5.74, 6) is 1.09. The fraction of sp³-hybridized carbons (Fsp3) is 0.350. The number of nitro benzene ring substituents is 1. The van der Waals surface area contributed by atoms with Gasteiger partial charge in [0.1, 0.15) is 5.69 Å². The fourth-order valence-corrected chi connectivity index (χ4v) is 4.33. The molecule has 8 heteroatoms. The Labute approximate surface area is 182 Å². The van der Waals surface area contributed by atoms with E-state index in [9.17, 15) is 15.2 Å². The van der Waals surface area contributed by atoms with Gasteiger partial charge in [-0.25, -0.2) is 0 Å².